The number of para-hydroxylation sites is 1. The van der Waals surface area contributed by atoms with E-state index in [2.05, 4.69) is 5.32 Å². The van der Waals surface area contributed by atoms with Gasteiger partial charge < -0.3 is 14.8 Å². The summed E-state index contributed by atoms with van der Waals surface area (Å²) in [5, 5.41) is 2.84. The lowest BCUT2D eigenvalue weighted by atomic mass is 9.90. The van der Waals surface area contributed by atoms with Gasteiger partial charge in [-0.1, -0.05) is 24.3 Å². The molecular formula is C22H26N2O4. The van der Waals surface area contributed by atoms with Gasteiger partial charge in [-0.05, 0) is 62.1 Å². The third-order valence-corrected chi connectivity index (χ3v) is 5.04. The van der Waals surface area contributed by atoms with Gasteiger partial charge in [-0.2, -0.15) is 0 Å². The first-order valence-electron chi connectivity index (χ1n) is 9.43. The summed E-state index contributed by atoms with van der Waals surface area (Å²) >= 11 is 0. The van der Waals surface area contributed by atoms with E-state index in [0.717, 1.165) is 29.0 Å². The van der Waals surface area contributed by atoms with Crippen LogP contribution in [0, 0.1) is 6.92 Å². The van der Waals surface area contributed by atoms with Crippen molar-refractivity contribution in [3.63, 3.8) is 0 Å². The van der Waals surface area contributed by atoms with Gasteiger partial charge in [0.2, 0.25) is 0 Å². The van der Waals surface area contributed by atoms with Gasteiger partial charge in [0.05, 0.1) is 13.7 Å². The lowest BCUT2D eigenvalue weighted by molar-refractivity contribution is -0.131. The number of carbonyl (C=O) groups is 2. The molecule has 2 aromatic rings. The molecule has 0 aliphatic carbocycles. The summed E-state index contributed by atoms with van der Waals surface area (Å²) < 4.78 is 10.9. The molecule has 3 amide bonds. The highest BCUT2D eigenvalue weighted by Gasteiger charge is 2.48. The number of hydrogen-bond donors (Lipinski definition) is 1. The van der Waals surface area contributed by atoms with Crippen molar-refractivity contribution < 1.29 is 19.1 Å². The number of imide groups is 1. The van der Waals surface area contributed by atoms with Crippen LogP contribution in [-0.4, -0.2) is 37.1 Å². The van der Waals surface area contributed by atoms with Gasteiger partial charge in [0.25, 0.3) is 5.91 Å². The van der Waals surface area contributed by atoms with E-state index in [4.69, 9.17) is 9.47 Å². The van der Waals surface area contributed by atoms with Crippen molar-refractivity contribution in [3.8, 4) is 11.5 Å². The van der Waals surface area contributed by atoms with Crippen molar-refractivity contribution in [2.45, 2.75) is 32.2 Å². The molecule has 1 aliphatic heterocycles. The molecule has 1 unspecified atom stereocenters. The molecule has 6 heteroatoms. The van der Waals surface area contributed by atoms with Crippen LogP contribution in [0.1, 0.15) is 30.9 Å². The van der Waals surface area contributed by atoms with E-state index in [1.807, 2.05) is 55.5 Å². The first kappa shape index (κ1) is 19.7. The number of hydrogen-bond acceptors (Lipinski definition) is 4. The van der Waals surface area contributed by atoms with E-state index in [0.29, 0.717) is 19.6 Å². The molecule has 1 aliphatic rings. The number of methoxy groups -OCH3 is 1. The van der Waals surface area contributed by atoms with Gasteiger partial charge in [0, 0.05) is 6.54 Å². The van der Waals surface area contributed by atoms with Crippen molar-refractivity contribution in [2.24, 2.45) is 0 Å². The predicted octanol–water partition coefficient (Wildman–Crippen LogP) is 3.63. The molecule has 0 saturated carbocycles. The smallest absolute Gasteiger partial charge is 0.325 e. The maximum atomic E-state index is 13.0. The summed E-state index contributed by atoms with van der Waals surface area (Å²) in [6.45, 7) is 4.57. The Morgan fingerprint density at radius 1 is 1.07 bits per heavy atom. The third kappa shape index (κ3) is 3.96. The molecule has 0 radical (unpaired) electrons. The van der Waals surface area contributed by atoms with Crippen LogP contribution in [0.5, 0.6) is 11.5 Å². The average molecular weight is 382 g/mol. The van der Waals surface area contributed by atoms with E-state index in [9.17, 15) is 9.59 Å². The molecule has 1 N–H and O–H groups in total. The number of ether oxygens (including phenoxy) is 2. The summed E-state index contributed by atoms with van der Waals surface area (Å²) in [6.07, 6.45) is 1.44. The minimum absolute atomic E-state index is 0.231. The highest BCUT2D eigenvalue weighted by molar-refractivity contribution is 6.07. The van der Waals surface area contributed by atoms with Crippen LogP contribution in [0.3, 0.4) is 0 Å². The second-order valence-corrected chi connectivity index (χ2v) is 7.06. The van der Waals surface area contributed by atoms with Gasteiger partial charge in [0.1, 0.15) is 17.0 Å². The standard InChI is InChI=1S/C22H26N2O4/c1-16-15-17(11-12-19(16)27-3)22(2)20(25)24(21(26)23-22)13-7-8-14-28-18-9-5-4-6-10-18/h4-6,9-12,15H,7-8,13-14H2,1-3H3,(H,23,26). The topological polar surface area (TPSA) is 67.9 Å². The highest BCUT2D eigenvalue weighted by Crippen LogP contribution is 2.31. The molecule has 0 aromatic heterocycles. The Bertz CT molecular complexity index is 853. The number of carbonyl (C=O) groups excluding carboxylic acids is 2. The Morgan fingerprint density at radius 3 is 2.50 bits per heavy atom. The number of unbranched alkanes of at least 4 members (excludes halogenated alkanes) is 1. The molecule has 0 spiro atoms. The van der Waals surface area contributed by atoms with Gasteiger partial charge in [-0.25, -0.2) is 4.79 Å². The van der Waals surface area contributed by atoms with Gasteiger partial charge in [-0.15, -0.1) is 0 Å². The molecule has 6 nitrogen and oxygen atoms in total. The van der Waals surface area contributed by atoms with Crippen molar-refractivity contribution in [1.82, 2.24) is 10.2 Å². The summed E-state index contributed by atoms with van der Waals surface area (Å²) in [5.74, 6) is 1.34. The Morgan fingerprint density at radius 2 is 1.82 bits per heavy atom. The van der Waals surface area contributed by atoms with E-state index in [1.165, 1.54) is 4.90 Å². The lowest BCUT2D eigenvalue weighted by Crippen LogP contribution is -2.41. The molecule has 0 bridgehead atoms. The molecule has 1 saturated heterocycles. The molecule has 28 heavy (non-hydrogen) atoms. The Hall–Kier alpha value is -3.02. The van der Waals surface area contributed by atoms with E-state index < -0.39 is 5.54 Å². The summed E-state index contributed by atoms with van der Waals surface area (Å²) in [6, 6.07) is 14.7. The maximum absolute atomic E-state index is 13.0. The largest absolute Gasteiger partial charge is 0.496 e. The number of nitrogens with one attached hydrogen (secondary N) is 1. The summed E-state index contributed by atoms with van der Waals surface area (Å²) in [4.78, 5) is 26.7. The summed E-state index contributed by atoms with van der Waals surface area (Å²) in [5.41, 5.74) is 0.605. The second-order valence-electron chi connectivity index (χ2n) is 7.06. The minimum atomic E-state index is -1.06. The van der Waals surface area contributed by atoms with Crippen molar-refractivity contribution >= 4 is 11.9 Å². The van der Waals surface area contributed by atoms with Crippen LogP contribution >= 0.6 is 0 Å². The number of benzene rings is 2. The van der Waals surface area contributed by atoms with Gasteiger partial charge in [-0.3, -0.25) is 9.69 Å². The SMILES string of the molecule is COc1ccc(C2(C)NC(=O)N(CCCCOc3ccccc3)C2=O)cc1C. The molecule has 148 valence electrons. The number of amides is 3. The Labute approximate surface area is 165 Å². The first-order valence-corrected chi connectivity index (χ1v) is 9.43. The number of nitrogens with zero attached hydrogens (tertiary/aromatic N) is 1. The third-order valence-electron chi connectivity index (χ3n) is 5.04. The minimum Gasteiger partial charge on any atom is -0.496 e. The molecule has 1 heterocycles. The molecule has 1 fully saturated rings. The van der Waals surface area contributed by atoms with Crippen LogP contribution in [0.25, 0.3) is 0 Å². The van der Waals surface area contributed by atoms with Crippen molar-refractivity contribution in [3.05, 3.63) is 59.7 Å². The first-order chi connectivity index (χ1) is 13.5. The number of rotatable bonds is 8. The van der Waals surface area contributed by atoms with E-state index in [-0.39, 0.29) is 11.9 Å². The Balaban J connectivity index is 1.57. The number of aryl methyl sites for hydroxylation is 1. The zero-order chi connectivity index (χ0) is 20.1. The molecule has 1 atom stereocenters. The molecule has 2 aromatic carbocycles. The normalized spacial score (nSPS) is 18.9. The van der Waals surface area contributed by atoms with Crippen molar-refractivity contribution in [2.75, 3.05) is 20.3 Å². The maximum Gasteiger partial charge on any atom is 0.325 e. The van der Waals surface area contributed by atoms with Crippen LogP contribution < -0.4 is 14.8 Å². The monoisotopic (exact) mass is 382 g/mol. The second kappa shape index (κ2) is 8.33. The summed E-state index contributed by atoms with van der Waals surface area (Å²) in [7, 11) is 1.61. The van der Waals surface area contributed by atoms with E-state index in [1.54, 1.807) is 14.0 Å². The molecular weight excluding hydrogens is 356 g/mol. The highest BCUT2D eigenvalue weighted by atomic mass is 16.5. The Kier molecular flexibility index (Phi) is 5.87. The predicted molar refractivity (Wildman–Crippen MR) is 106 cm³/mol. The zero-order valence-electron chi connectivity index (χ0n) is 16.5. The van der Waals surface area contributed by atoms with Crippen LogP contribution in [0.2, 0.25) is 0 Å². The average Bonchev–Trinajstić information content (AvgIpc) is 2.92. The quantitative estimate of drug-likeness (QED) is 0.559. The van der Waals surface area contributed by atoms with Crippen LogP contribution in [-0.2, 0) is 10.3 Å². The fourth-order valence-corrected chi connectivity index (χ4v) is 3.36. The van der Waals surface area contributed by atoms with Gasteiger partial charge >= 0.3 is 6.03 Å². The van der Waals surface area contributed by atoms with Crippen LogP contribution in [0.15, 0.2) is 48.5 Å². The lowest BCUT2D eigenvalue weighted by Gasteiger charge is -2.23. The zero-order valence-corrected chi connectivity index (χ0v) is 16.5. The van der Waals surface area contributed by atoms with E-state index >= 15 is 0 Å². The van der Waals surface area contributed by atoms with Gasteiger partial charge in [0.15, 0.2) is 0 Å². The number of urea groups is 1. The molecule has 3 rings (SSSR count). The van der Waals surface area contributed by atoms with Crippen molar-refractivity contribution in [1.29, 1.82) is 0 Å². The fraction of sp³-hybridized carbons (Fsp3) is 0.364. The van der Waals surface area contributed by atoms with Crippen LogP contribution in [0.4, 0.5) is 4.79 Å². The fourth-order valence-electron chi connectivity index (χ4n) is 3.36.